The molecule has 0 aromatic carbocycles. The van der Waals surface area contributed by atoms with E-state index in [4.69, 9.17) is 0 Å². The summed E-state index contributed by atoms with van der Waals surface area (Å²) in [4.78, 5) is 21.4. The van der Waals surface area contributed by atoms with Gasteiger partial charge < -0.3 is 21.3 Å². The summed E-state index contributed by atoms with van der Waals surface area (Å²) < 4.78 is 39.1. The summed E-state index contributed by atoms with van der Waals surface area (Å²) in [5.74, 6) is 1.40. The Hall–Kier alpha value is -2.89. The van der Waals surface area contributed by atoms with Crippen molar-refractivity contribution in [1.29, 1.82) is 0 Å². The molecule has 39 heavy (non-hydrogen) atoms. The molecule has 2 aromatic heterocycles. The second kappa shape index (κ2) is 12.5. The summed E-state index contributed by atoms with van der Waals surface area (Å²) >= 11 is 0. The second-order valence-corrected chi connectivity index (χ2v) is 11.3. The lowest BCUT2D eigenvalue weighted by Gasteiger charge is -2.33. The van der Waals surface area contributed by atoms with Crippen LogP contribution in [-0.4, -0.2) is 50.5 Å². The predicted molar refractivity (Wildman–Crippen MR) is 141 cm³/mol. The Morgan fingerprint density at radius 1 is 0.923 bits per heavy atom. The van der Waals surface area contributed by atoms with E-state index >= 15 is 0 Å². The van der Waals surface area contributed by atoms with Crippen LogP contribution in [0.2, 0.25) is 0 Å². The first-order valence-electron chi connectivity index (χ1n) is 14.3. The van der Waals surface area contributed by atoms with E-state index in [1.807, 2.05) is 6.07 Å². The topological polar surface area (TPSA) is 120 Å². The van der Waals surface area contributed by atoms with Gasteiger partial charge in [-0.1, -0.05) is 19.3 Å². The quantitative estimate of drug-likeness (QED) is 0.300. The van der Waals surface area contributed by atoms with E-state index in [0.717, 1.165) is 31.5 Å². The summed E-state index contributed by atoms with van der Waals surface area (Å²) in [5.41, 5.74) is 1.18. The fraction of sp³-hybridized carbons (Fsp3) is 0.704. The molecule has 12 heteroatoms. The summed E-state index contributed by atoms with van der Waals surface area (Å²) in [6, 6.07) is 3.43. The Morgan fingerprint density at radius 3 is 2.44 bits per heavy atom. The molecule has 3 aliphatic rings. The molecule has 2 amide bonds. The third kappa shape index (κ3) is 7.83. The van der Waals surface area contributed by atoms with E-state index in [9.17, 15) is 18.0 Å². The molecule has 2 heterocycles. The van der Waals surface area contributed by atoms with Crippen LogP contribution >= 0.6 is 0 Å². The number of hydrogen-bond donors (Lipinski definition) is 5. The number of aromatic amines is 1. The van der Waals surface area contributed by atoms with Crippen molar-refractivity contribution in [2.24, 2.45) is 5.92 Å². The number of nitrogens with zero attached hydrogens (tertiary/aromatic N) is 3. The van der Waals surface area contributed by atoms with Crippen molar-refractivity contribution in [2.45, 2.75) is 114 Å². The highest BCUT2D eigenvalue weighted by Gasteiger charge is 2.42. The summed E-state index contributed by atoms with van der Waals surface area (Å²) in [5, 5.41) is 20.1. The number of alkyl halides is 3. The van der Waals surface area contributed by atoms with Gasteiger partial charge in [0.25, 0.3) is 0 Å². The van der Waals surface area contributed by atoms with Crippen LogP contribution in [0, 0.1) is 5.92 Å². The molecule has 3 saturated carbocycles. The van der Waals surface area contributed by atoms with E-state index in [-0.39, 0.29) is 31.0 Å². The molecule has 2 aromatic rings. The highest BCUT2D eigenvalue weighted by molar-refractivity contribution is 5.74. The SMILES string of the molecule is O=C(NC1CCC(NCc2nccc(Nc3cc(C4CCCC4)[nH]n3)n2)CC1)N[C@H]1CCC[C@@H](C(F)(F)F)C1. The number of H-pyrrole nitrogens is 1. The van der Waals surface area contributed by atoms with Crippen molar-refractivity contribution < 1.29 is 18.0 Å². The first kappa shape index (κ1) is 27.7. The number of aromatic nitrogens is 4. The lowest BCUT2D eigenvalue weighted by Crippen LogP contribution is -2.50. The molecule has 0 unspecified atom stereocenters. The van der Waals surface area contributed by atoms with Gasteiger partial charge in [0.2, 0.25) is 0 Å². The maximum absolute atomic E-state index is 13.0. The minimum atomic E-state index is -4.19. The van der Waals surface area contributed by atoms with Crippen LogP contribution in [0.5, 0.6) is 0 Å². The van der Waals surface area contributed by atoms with Gasteiger partial charge in [-0.3, -0.25) is 5.10 Å². The average molecular weight is 549 g/mol. The molecule has 3 aliphatic carbocycles. The number of amides is 2. The van der Waals surface area contributed by atoms with Gasteiger partial charge in [0.1, 0.15) is 11.6 Å². The molecule has 9 nitrogen and oxygen atoms in total. The summed E-state index contributed by atoms with van der Waals surface area (Å²) in [6.07, 6.45) is 7.12. The molecule has 0 spiro atoms. The van der Waals surface area contributed by atoms with Crippen LogP contribution < -0.4 is 21.3 Å². The van der Waals surface area contributed by atoms with Crippen molar-refractivity contribution in [3.8, 4) is 0 Å². The highest BCUT2D eigenvalue weighted by atomic mass is 19.4. The van der Waals surface area contributed by atoms with Gasteiger partial charge >= 0.3 is 12.2 Å². The Balaban J connectivity index is 1.01. The van der Waals surface area contributed by atoms with E-state index in [1.54, 1.807) is 6.20 Å². The molecule has 3 fully saturated rings. The molecule has 5 rings (SSSR count). The second-order valence-electron chi connectivity index (χ2n) is 11.3. The van der Waals surface area contributed by atoms with E-state index < -0.39 is 18.1 Å². The van der Waals surface area contributed by atoms with Crippen LogP contribution in [0.1, 0.15) is 94.5 Å². The smallest absolute Gasteiger partial charge is 0.335 e. The zero-order valence-electron chi connectivity index (χ0n) is 22.2. The van der Waals surface area contributed by atoms with Crippen molar-refractivity contribution in [3.05, 3.63) is 29.8 Å². The van der Waals surface area contributed by atoms with Crippen molar-refractivity contribution in [3.63, 3.8) is 0 Å². The first-order valence-corrected chi connectivity index (χ1v) is 14.3. The van der Waals surface area contributed by atoms with E-state index in [0.29, 0.717) is 36.9 Å². The highest BCUT2D eigenvalue weighted by Crippen LogP contribution is 2.37. The fourth-order valence-corrected chi connectivity index (χ4v) is 6.24. The van der Waals surface area contributed by atoms with Gasteiger partial charge in [0, 0.05) is 42.0 Å². The third-order valence-electron chi connectivity index (χ3n) is 8.44. The molecule has 214 valence electrons. The van der Waals surface area contributed by atoms with Crippen molar-refractivity contribution >= 4 is 17.7 Å². The minimum Gasteiger partial charge on any atom is -0.335 e. The van der Waals surface area contributed by atoms with Gasteiger partial charge in [-0.2, -0.15) is 18.3 Å². The standard InChI is InChI=1S/C27H39F3N8O/c28-27(29,30)18-6-3-7-21(14-18)34-26(39)33-20-10-8-19(9-11-20)32-16-25-31-13-12-23(36-25)35-24-15-22(37-38-24)17-4-1-2-5-17/h12-13,15,17-21,32H,1-11,14,16H2,(H2,33,34,39)(H2,31,35,36,37,38)/t18-,19?,20?,21+/m1/s1. The van der Waals surface area contributed by atoms with Gasteiger partial charge in [-0.15, -0.1) is 0 Å². The fourth-order valence-electron chi connectivity index (χ4n) is 6.24. The van der Waals surface area contributed by atoms with E-state index in [1.165, 1.54) is 31.4 Å². The Morgan fingerprint density at radius 2 is 1.67 bits per heavy atom. The molecule has 0 radical (unpaired) electrons. The third-order valence-corrected chi connectivity index (χ3v) is 8.44. The maximum atomic E-state index is 13.0. The van der Waals surface area contributed by atoms with Gasteiger partial charge in [0.15, 0.2) is 5.82 Å². The number of carbonyl (C=O) groups excluding carboxylic acids is 1. The number of carbonyl (C=O) groups is 1. The maximum Gasteiger partial charge on any atom is 0.391 e. The van der Waals surface area contributed by atoms with E-state index in [2.05, 4.69) is 47.5 Å². The van der Waals surface area contributed by atoms with Crippen molar-refractivity contribution in [1.82, 2.24) is 36.1 Å². The number of anilines is 2. The van der Waals surface area contributed by atoms with Crippen LogP contribution in [0.3, 0.4) is 0 Å². The molecular weight excluding hydrogens is 509 g/mol. The number of hydrogen-bond acceptors (Lipinski definition) is 6. The summed E-state index contributed by atoms with van der Waals surface area (Å²) in [6.45, 7) is 0.536. The average Bonchev–Trinajstić information content (AvgIpc) is 3.61. The van der Waals surface area contributed by atoms with Gasteiger partial charge in [0.05, 0.1) is 12.5 Å². The number of nitrogens with one attached hydrogen (secondary N) is 5. The number of urea groups is 1. The first-order chi connectivity index (χ1) is 18.8. The van der Waals surface area contributed by atoms with Crippen molar-refractivity contribution in [2.75, 3.05) is 5.32 Å². The number of halogens is 3. The molecular formula is C27H39F3N8O. The zero-order valence-corrected chi connectivity index (χ0v) is 22.2. The largest absolute Gasteiger partial charge is 0.391 e. The normalized spacial score (nSPS) is 26.3. The molecule has 2 atom stereocenters. The molecule has 0 bridgehead atoms. The van der Waals surface area contributed by atoms with Crippen LogP contribution in [0.15, 0.2) is 18.3 Å². The monoisotopic (exact) mass is 548 g/mol. The van der Waals surface area contributed by atoms with Gasteiger partial charge in [-0.25, -0.2) is 14.8 Å². The zero-order chi connectivity index (χ0) is 27.2. The Kier molecular flexibility index (Phi) is 8.89. The Bertz CT molecular complexity index is 1080. The lowest BCUT2D eigenvalue weighted by atomic mass is 9.85. The van der Waals surface area contributed by atoms with Gasteiger partial charge in [-0.05, 0) is 63.9 Å². The molecule has 0 saturated heterocycles. The molecule has 0 aliphatic heterocycles. The predicted octanol–water partition coefficient (Wildman–Crippen LogP) is 5.42. The summed E-state index contributed by atoms with van der Waals surface area (Å²) in [7, 11) is 0. The lowest BCUT2D eigenvalue weighted by molar-refractivity contribution is -0.183. The molecule has 5 N–H and O–H groups in total. The van der Waals surface area contributed by atoms with Crippen LogP contribution in [-0.2, 0) is 6.54 Å². The number of rotatable bonds is 8. The van der Waals surface area contributed by atoms with Crippen LogP contribution in [0.4, 0.5) is 29.6 Å². The Labute approximate surface area is 226 Å². The van der Waals surface area contributed by atoms with Crippen LogP contribution in [0.25, 0.3) is 0 Å². The minimum absolute atomic E-state index is 0.0248.